The lowest BCUT2D eigenvalue weighted by atomic mass is 9.49. The average Bonchev–Trinajstić information content (AvgIpc) is 1.93. The Labute approximate surface area is 75.0 Å². The van der Waals surface area contributed by atoms with Crippen LogP contribution in [0.15, 0.2) is 11.1 Å². The smallest absolute Gasteiger partial charge is 0.0172 e. The number of hydrogen-bond donors (Lipinski definition) is 0. The van der Waals surface area contributed by atoms with E-state index in [2.05, 4.69) is 13.8 Å². The van der Waals surface area contributed by atoms with Crippen molar-refractivity contribution in [1.82, 2.24) is 0 Å². The molecule has 0 amide bonds. The third-order valence-electron chi connectivity index (χ3n) is 4.94. The van der Waals surface area contributed by atoms with Crippen LogP contribution in [0.25, 0.3) is 0 Å². The van der Waals surface area contributed by atoms with E-state index in [-0.39, 0.29) is 0 Å². The van der Waals surface area contributed by atoms with Crippen LogP contribution >= 0.6 is 0 Å². The quantitative estimate of drug-likeness (QED) is 0.479. The fourth-order valence-electron chi connectivity index (χ4n) is 3.74. The molecule has 4 unspecified atom stereocenters. The van der Waals surface area contributed by atoms with Gasteiger partial charge in [0.15, 0.2) is 0 Å². The van der Waals surface area contributed by atoms with Crippen LogP contribution in [0.3, 0.4) is 0 Å². The normalized spacial score (nSPS) is 50.5. The van der Waals surface area contributed by atoms with Crippen LogP contribution in [-0.4, -0.2) is 0 Å². The molecule has 0 heteroatoms. The third kappa shape index (κ3) is 0.654. The Morgan fingerprint density at radius 1 is 0.750 bits per heavy atom. The summed E-state index contributed by atoms with van der Waals surface area (Å²) in [5.74, 6) is 4.28. The van der Waals surface area contributed by atoms with E-state index in [0.29, 0.717) is 0 Å². The molecule has 3 aliphatic carbocycles. The van der Waals surface area contributed by atoms with Gasteiger partial charge in [0.05, 0.1) is 0 Å². The predicted molar refractivity (Wildman–Crippen MR) is 50.8 cm³/mol. The Bertz CT molecular complexity index is 223. The monoisotopic (exact) mass is 162 g/mol. The average molecular weight is 162 g/mol. The van der Waals surface area contributed by atoms with Gasteiger partial charge in [-0.05, 0) is 63.2 Å². The molecule has 66 valence electrons. The van der Waals surface area contributed by atoms with Crippen molar-refractivity contribution in [3.05, 3.63) is 11.1 Å². The van der Waals surface area contributed by atoms with Crippen molar-refractivity contribution >= 4 is 0 Å². The molecule has 0 heterocycles. The summed E-state index contributed by atoms with van der Waals surface area (Å²) in [7, 11) is 0. The second-order valence-corrected chi connectivity index (χ2v) is 5.06. The van der Waals surface area contributed by atoms with E-state index in [0.717, 1.165) is 23.7 Å². The maximum Gasteiger partial charge on any atom is -0.0172 e. The molecule has 0 aromatic rings. The van der Waals surface area contributed by atoms with E-state index in [9.17, 15) is 0 Å². The standard InChI is InChI=1S/C12H18/c1-7-8(2)10-4-6-12(10)11-5-3-9(7)11/h9-12H,3-6H2,1-2H3. The fraction of sp³-hybridized carbons (Fsp3) is 0.833. The van der Waals surface area contributed by atoms with Gasteiger partial charge in [-0.1, -0.05) is 11.1 Å². The van der Waals surface area contributed by atoms with Crippen LogP contribution in [0.2, 0.25) is 0 Å². The largest absolute Gasteiger partial charge is 0.0707 e. The zero-order valence-electron chi connectivity index (χ0n) is 8.14. The number of allylic oxidation sites excluding steroid dienone is 2. The van der Waals surface area contributed by atoms with E-state index < -0.39 is 0 Å². The molecule has 0 N–H and O–H groups in total. The number of fused-ring (bicyclic) bond motifs is 3. The molecule has 3 aliphatic rings. The molecule has 3 rings (SSSR count). The highest BCUT2D eigenvalue weighted by atomic mass is 14.5. The van der Waals surface area contributed by atoms with Gasteiger partial charge < -0.3 is 0 Å². The van der Waals surface area contributed by atoms with Gasteiger partial charge in [-0.2, -0.15) is 0 Å². The second-order valence-electron chi connectivity index (χ2n) is 5.06. The Kier molecular flexibility index (Phi) is 1.29. The van der Waals surface area contributed by atoms with Gasteiger partial charge in [0.1, 0.15) is 0 Å². The molecule has 0 bridgehead atoms. The van der Waals surface area contributed by atoms with Crippen molar-refractivity contribution in [2.45, 2.75) is 39.5 Å². The molecule has 0 radical (unpaired) electrons. The first-order valence-corrected chi connectivity index (χ1v) is 5.46. The van der Waals surface area contributed by atoms with Crippen molar-refractivity contribution in [2.75, 3.05) is 0 Å². The van der Waals surface area contributed by atoms with Crippen LogP contribution in [-0.2, 0) is 0 Å². The first-order valence-electron chi connectivity index (χ1n) is 5.46. The van der Waals surface area contributed by atoms with Crippen LogP contribution in [0.4, 0.5) is 0 Å². The highest BCUT2D eigenvalue weighted by Crippen LogP contribution is 2.59. The van der Waals surface area contributed by atoms with Gasteiger partial charge in [-0.15, -0.1) is 0 Å². The zero-order valence-corrected chi connectivity index (χ0v) is 8.14. The summed E-state index contributed by atoms with van der Waals surface area (Å²) in [6, 6.07) is 0. The van der Waals surface area contributed by atoms with Gasteiger partial charge in [0, 0.05) is 0 Å². The molecule has 0 nitrogen and oxygen atoms in total. The molecule has 0 aromatic heterocycles. The Balaban J connectivity index is 1.99. The highest BCUT2D eigenvalue weighted by molar-refractivity contribution is 5.27. The summed E-state index contributed by atoms with van der Waals surface area (Å²) in [5.41, 5.74) is 3.54. The molecule has 4 atom stereocenters. The summed E-state index contributed by atoms with van der Waals surface area (Å²) < 4.78 is 0. The SMILES string of the molecule is CC1=C(C)C2CCC2C2CCC12. The van der Waals surface area contributed by atoms with E-state index in [1.54, 1.807) is 11.1 Å². The maximum absolute atomic E-state index is 2.39. The Morgan fingerprint density at radius 3 is 1.42 bits per heavy atom. The van der Waals surface area contributed by atoms with Crippen molar-refractivity contribution in [2.24, 2.45) is 23.7 Å². The third-order valence-corrected chi connectivity index (χ3v) is 4.94. The van der Waals surface area contributed by atoms with Crippen molar-refractivity contribution < 1.29 is 0 Å². The second kappa shape index (κ2) is 2.16. The predicted octanol–water partition coefficient (Wildman–Crippen LogP) is 3.39. The van der Waals surface area contributed by atoms with Gasteiger partial charge in [-0.25, -0.2) is 0 Å². The number of rotatable bonds is 0. The molecule has 2 fully saturated rings. The van der Waals surface area contributed by atoms with Crippen LogP contribution in [0.5, 0.6) is 0 Å². The lowest BCUT2D eigenvalue weighted by Crippen LogP contribution is -2.46. The van der Waals surface area contributed by atoms with E-state index in [1.807, 2.05) is 0 Å². The molecule has 2 saturated carbocycles. The highest BCUT2D eigenvalue weighted by Gasteiger charge is 2.49. The summed E-state index contributed by atoms with van der Waals surface area (Å²) in [6.07, 6.45) is 6.07. The molecule has 0 aliphatic heterocycles. The lowest BCUT2D eigenvalue weighted by molar-refractivity contribution is 0.0176. The van der Waals surface area contributed by atoms with Crippen molar-refractivity contribution in [1.29, 1.82) is 0 Å². The van der Waals surface area contributed by atoms with Crippen LogP contribution in [0.1, 0.15) is 39.5 Å². The van der Waals surface area contributed by atoms with Gasteiger partial charge >= 0.3 is 0 Å². The summed E-state index contributed by atoms with van der Waals surface area (Å²) in [6.45, 7) is 4.78. The minimum Gasteiger partial charge on any atom is -0.0707 e. The minimum atomic E-state index is 1.02. The first-order chi connectivity index (χ1) is 5.79. The zero-order chi connectivity index (χ0) is 8.29. The van der Waals surface area contributed by atoms with E-state index in [1.165, 1.54) is 25.7 Å². The summed E-state index contributed by atoms with van der Waals surface area (Å²) in [4.78, 5) is 0. The molecule has 0 aromatic carbocycles. The summed E-state index contributed by atoms with van der Waals surface area (Å²) in [5, 5.41) is 0. The van der Waals surface area contributed by atoms with E-state index >= 15 is 0 Å². The molecule has 0 saturated heterocycles. The molecular weight excluding hydrogens is 144 g/mol. The molecule has 0 spiro atoms. The van der Waals surface area contributed by atoms with E-state index in [4.69, 9.17) is 0 Å². The Morgan fingerprint density at radius 2 is 1.17 bits per heavy atom. The fourth-order valence-corrected chi connectivity index (χ4v) is 3.74. The van der Waals surface area contributed by atoms with Crippen LogP contribution < -0.4 is 0 Å². The van der Waals surface area contributed by atoms with Crippen LogP contribution in [0, 0.1) is 23.7 Å². The lowest BCUT2D eigenvalue weighted by Gasteiger charge is -2.56. The van der Waals surface area contributed by atoms with Crippen molar-refractivity contribution in [3.63, 3.8) is 0 Å². The topological polar surface area (TPSA) is 0 Å². The van der Waals surface area contributed by atoms with Gasteiger partial charge in [0.2, 0.25) is 0 Å². The van der Waals surface area contributed by atoms with Gasteiger partial charge in [-0.3, -0.25) is 0 Å². The minimum absolute atomic E-state index is 1.02. The molecule has 12 heavy (non-hydrogen) atoms. The molecular formula is C12H18. The summed E-state index contributed by atoms with van der Waals surface area (Å²) >= 11 is 0. The number of hydrogen-bond acceptors (Lipinski definition) is 0. The van der Waals surface area contributed by atoms with Gasteiger partial charge in [0.25, 0.3) is 0 Å². The maximum atomic E-state index is 2.39. The first kappa shape index (κ1) is 7.17. The van der Waals surface area contributed by atoms with Crippen molar-refractivity contribution in [3.8, 4) is 0 Å². The Hall–Kier alpha value is -0.260.